The smallest absolute Gasteiger partial charge is 0.260 e. The van der Waals surface area contributed by atoms with Gasteiger partial charge in [-0.05, 0) is 15.9 Å². The van der Waals surface area contributed by atoms with Gasteiger partial charge in [0.1, 0.15) is 0 Å². The maximum absolute atomic E-state index is 12.1. The molecule has 1 aromatic heterocycles. The Kier molecular flexibility index (Phi) is 4.90. The van der Waals surface area contributed by atoms with Gasteiger partial charge in [-0.15, -0.1) is 5.10 Å². The third-order valence-corrected chi connectivity index (χ3v) is 5.16. The number of aryl methyl sites for hydroxylation is 1. The molecule has 10 heteroatoms. The molecule has 1 aliphatic heterocycles. The number of sulfonamides is 1. The first-order valence-electron chi connectivity index (χ1n) is 5.85. The maximum atomic E-state index is 12.1. The molecule has 0 radical (unpaired) electrons. The van der Waals surface area contributed by atoms with Crippen LogP contribution in [0.4, 0.5) is 0 Å². The molecule has 1 aliphatic rings. The van der Waals surface area contributed by atoms with E-state index >= 15 is 0 Å². The second-order valence-electron chi connectivity index (χ2n) is 4.16. The molecular formula is C9H16BrN5O3S. The van der Waals surface area contributed by atoms with Gasteiger partial charge >= 0.3 is 0 Å². The van der Waals surface area contributed by atoms with Gasteiger partial charge in [-0.1, -0.05) is 5.21 Å². The van der Waals surface area contributed by atoms with Crippen molar-refractivity contribution in [1.29, 1.82) is 0 Å². The van der Waals surface area contributed by atoms with Gasteiger partial charge in [-0.3, -0.25) is 4.90 Å². The largest absolute Gasteiger partial charge is 0.379 e. The highest BCUT2D eigenvalue weighted by Gasteiger charge is 2.23. The second kappa shape index (κ2) is 6.27. The predicted octanol–water partition coefficient (Wildman–Crippen LogP) is -0.812. The zero-order chi connectivity index (χ0) is 13.9. The molecule has 0 amide bonds. The van der Waals surface area contributed by atoms with E-state index in [1.807, 2.05) is 0 Å². The topological polar surface area (TPSA) is 89.3 Å². The van der Waals surface area contributed by atoms with E-state index < -0.39 is 10.0 Å². The van der Waals surface area contributed by atoms with Crippen molar-refractivity contribution in [3.63, 3.8) is 0 Å². The Hall–Kier alpha value is -0.550. The number of hydrogen-bond donors (Lipinski definition) is 1. The lowest BCUT2D eigenvalue weighted by Gasteiger charge is -2.26. The summed E-state index contributed by atoms with van der Waals surface area (Å²) in [5.74, 6) is 0. The van der Waals surface area contributed by atoms with Crippen LogP contribution in [0.1, 0.15) is 0 Å². The summed E-state index contributed by atoms with van der Waals surface area (Å²) in [5.41, 5.74) is 0. The summed E-state index contributed by atoms with van der Waals surface area (Å²) >= 11 is 3.08. The van der Waals surface area contributed by atoms with Crippen LogP contribution in [-0.4, -0.2) is 67.7 Å². The number of nitrogens with zero attached hydrogens (tertiary/aromatic N) is 4. The highest BCUT2D eigenvalue weighted by atomic mass is 79.9. The number of hydrogen-bond acceptors (Lipinski definition) is 6. The fourth-order valence-corrected chi connectivity index (χ4v) is 3.95. The van der Waals surface area contributed by atoms with Crippen LogP contribution in [0, 0.1) is 0 Å². The van der Waals surface area contributed by atoms with Crippen LogP contribution in [0.15, 0.2) is 9.63 Å². The minimum Gasteiger partial charge on any atom is -0.379 e. The van der Waals surface area contributed by atoms with Crippen LogP contribution in [-0.2, 0) is 21.8 Å². The molecule has 1 fully saturated rings. The van der Waals surface area contributed by atoms with Crippen molar-refractivity contribution in [1.82, 2.24) is 24.6 Å². The van der Waals surface area contributed by atoms with Crippen molar-refractivity contribution in [3.05, 3.63) is 4.60 Å². The van der Waals surface area contributed by atoms with Crippen molar-refractivity contribution in [2.75, 3.05) is 39.4 Å². The van der Waals surface area contributed by atoms with E-state index in [2.05, 4.69) is 35.9 Å². The highest BCUT2D eigenvalue weighted by Crippen LogP contribution is 2.17. The maximum Gasteiger partial charge on any atom is 0.260 e. The third kappa shape index (κ3) is 3.72. The lowest BCUT2D eigenvalue weighted by atomic mass is 10.4. The second-order valence-corrected chi connectivity index (χ2v) is 6.59. The van der Waals surface area contributed by atoms with E-state index in [9.17, 15) is 8.42 Å². The number of ether oxygens (including phenoxy) is 1. The molecule has 0 spiro atoms. The zero-order valence-corrected chi connectivity index (χ0v) is 12.9. The molecular weight excluding hydrogens is 338 g/mol. The van der Waals surface area contributed by atoms with Gasteiger partial charge in [0.05, 0.1) is 13.2 Å². The van der Waals surface area contributed by atoms with Crippen LogP contribution in [0.5, 0.6) is 0 Å². The Bertz CT molecular complexity index is 506. The molecule has 2 rings (SSSR count). The van der Waals surface area contributed by atoms with E-state index in [-0.39, 0.29) is 9.63 Å². The van der Waals surface area contributed by atoms with Gasteiger partial charge < -0.3 is 4.74 Å². The first-order valence-corrected chi connectivity index (χ1v) is 8.13. The standard InChI is InChI=1S/C9H16BrN5O3S/c1-14-9(8(10)12-13-14)19(16,17)11-2-3-15-4-6-18-7-5-15/h11H,2-7H2,1H3. The van der Waals surface area contributed by atoms with Crippen LogP contribution < -0.4 is 4.72 Å². The molecule has 0 aliphatic carbocycles. The van der Waals surface area contributed by atoms with Crippen LogP contribution in [0.3, 0.4) is 0 Å². The number of rotatable bonds is 5. The van der Waals surface area contributed by atoms with Gasteiger partial charge in [0.2, 0.25) is 5.03 Å². The normalized spacial score (nSPS) is 17.8. The number of halogens is 1. The van der Waals surface area contributed by atoms with Crippen molar-refractivity contribution in [3.8, 4) is 0 Å². The van der Waals surface area contributed by atoms with Crippen molar-refractivity contribution in [2.45, 2.75) is 5.03 Å². The number of nitrogens with one attached hydrogen (secondary N) is 1. The molecule has 0 unspecified atom stereocenters. The van der Waals surface area contributed by atoms with Gasteiger partial charge in [0.15, 0.2) is 4.60 Å². The molecule has 19 heavy (non-hydrogen) atoms. The summed E-state index contributed by atoms with van der Waals surface area (Å²) in [6, 6.07) is 0. The van der Waals surface area contributed by atoms with Crippen molar-refractivity contribution >= 4 is 26.0 Å². The fraction of sp³-hybridized carbons (Fsp3) is 0.778. The summed E-state index contributed by atoms with van der Waals surface area (Å²) in [6.07, 6.45) is 0. The van der Waals surface area contributed by atoms with Gasteiger partial charge in [0, 0.05) is 33.2 Å². The zero-order valence-electron chi connectivity index (χ0n) is 10.5. The Morgan fingerprint density at radius 2 is 2.11 bits per heavy atom. The summed E-state index contributed by atoms with van der Waals surface area (Å²) in [5, 5.41) is 7.35. The third-order valence-electron chi connectivity index (χ3n) is 2.82. The van der Waals surface area contributed by atoms with E-state index in [1.165, 1.54) is 11.7 Å². The Morgan fingerprint density at radius 3 is 2.68 bits per heavy atom. The molecule has 0 aromatic carbocycles. The van der Waals surface area contributed by atoms with E-state index in [0.29, 0.717) is 26.3 Å². The van der Waals surface area contributed by atoms with E-state index in [1.54, 1.807) is 0 Å². The molecule has 0 bridgehead atoms. The molecule has 108 valence electrons. The molecule has 2 heterocycles. The van der Waals surface area contributed by atoms with Crippen LogP contribution >= 0.6 is 15.9 Å². The Morgan fingerprint density at radius 1 is 1.42 bits per heavy atom. The monoisotopic (exact) mass is 353 g/mol. The fourth-order valence-electron chi connectivity index (χ4n) is 1.84. The summed E-state index contributed by atoms with van der Waals surface area (Å²) in [7, 11) is -2.06. The molecule has 0 atom stereocenters. The summed E-state index contributed by atoms with van der Waals surface area (Å²) < 4.78 is 33.4. The lowest BCUT2D eigenvalue weighted by Crippen LogP contribution is -2.41. The van der Waals surface area contributed by atoms with Crippen LogP contribution in [0.25, 0.3) is 0 Å². The quantitative estimate of drug-likeness (QED) is 0.744. The van der Waals surface area contributed by atoms with Gasteiger partial charge in [-0.2, -0.15) is 0 Å². The van der Waals surface area contributed by atoms with E-state index in [0.717, 1.165) is 13.1 Å². The molecule has 1 N–H and O–H groups in total. The SMILES string of the molecule is Cn1nnc(Br)c1S(=O)(=O)NCCN1CCOCC1. The average molecular weight is 354 g/mol. The van der Waals surface area contributed by atoms with E-state index in [4.69, 9.17) is 4.74 Å². The first-order chi connectivity index (χ1) is 9.00. The summed E-state index contributed by atoms with van der Waals surface area (Å²) in [6.45, 7) is 4.07. The molecule has 1 aromatic rings. The highest BCUT2D eigenvalue weighted by molar-refractivity contribution is 9.10. The van der Waals surface area contributed by atoms with Gasteiger partial charge in [-0.25, -0.2) is 17.8 Å². The predicted molar refractivity (Wildman–Crippen MR) is 71.2 cm³/mol. The molecule has 0 saturated carbocycles. The first kappa shape index (κ1) is 14.9. The molecule has 8 nitrogen and oxygen atoms in total. The Labute approximate surface area is 120 Å². The van der Waals surface area contributed by atoms with Gasteiger partial charge in [0.25, 0.3) is 10.0 Å². The Balaban J connectivity index is 1.91. The molecule has 1 saturated heterocycles. The van der Waals surface area contributed by atoms with Crippen LogP contribution in [0.2, 0.25) is 0 Å². The summed E-state index contributed by atoms with van der Waals surface area (Å²) in [4.78, 5) is 2.16. The minimum absolute atomic E-state index is 0.0366. The minimum atomic E-state index is -3.60. The van der Waals surface area contributed by atoms with Crippen molar-refractivity contribution < 1.29 is 13.2 Å². The number of aromatic nitrogens is 3. The lowest BCUT2D eigenvalue weighted by molar-refractivity contribution is 0.0390. The van der Waals surface area contributed by atoms with Crippen molar-refractivity contribution in [2.24, 2.45) is 7.05 Å². The average Bonchev–Trinajstić information content (AvgIpc) is 2.70. The number of morpholine rings is 1.